The molecule has 1 fully saturated rings. The lowest BCUT2D eigenvalue weighted by molar-refractivity contribution is -0.117. The molecular formula is C27H30N6O4S. The molecule has 0 unspecified atom stereocenters. The van der Waals surface area contributed by atoms with Gasteiger partial charge in [0.25, 0.3) is 5.91 Å². The maximum Gasteiger partial charge on any atom is 0.331 e. The third-order valence-corrected chi connectivity index (χ3v) is 7.80. The number of thiophene rings is 1. The molecule has 11 heteroatoms. The summed E-state index contributed by atoms with van der Waals surface area (Å²) in [6.45, 7) is 9.26. The van der Waals surface area contributed by atoms with E-state index in [0.29, 0.717) is 38.0 Å². The number of ether oxygens (including phenoxy) is 1. The van der Waals surface area contributed by atoms with Crippen LogP contribution in [-0.2, 0) is 4.79 Å². The van der Waals surface area contributed by atoms with Crippen molar-refractivity contribution in [1.29, 1.82) is 0 Å². The standard InChI is InChI=1S/C27H30N6O4S/c1-5-20(34)30-16-8-6-7-9-17(16)31-25(35)24-23-22-18(10-11-28-26(22)38-24)33(27(36)32-23)19-13-29-21(12-15(19)4)37-14(2)3/h5,10-14,16-17H,1,6-9H2,2-4H3,(H,30,34)(H,31,35)(H,32,36)/t16-,17-/m1/s1. The Balaban J connectivity index is 1.47. The van der Waals surface area contributed by atoms with Gasteiger partial charge in [0.05, 0.1) is 34.7 Å². The van der Waals surface area contributed by atoms with E-state index in [2.05, 4.69) is 32.5 Å². The largest absolute Gasteiger partial charge is 0.475 e. The van der Waals surface area contributed by atoms with Gasteiger partial charge in [0.2, 0.25) is 11.8 Å². The summed E-state index contributed by atoms with van der Waals surface area (Å²) in [6.07, 6.45) is 7.91. The lowest BCUT2D eigenvalue weighted by Crippen LogP contribution is -2.52. The molecule has 4 heterocycles. The van der Waals surface area contributed by atoms with Crippen molar-refractivity contribution in [2.75, 3.05) is 10.2 Å². The molecular weight excluding hydrogens is 504 g/mol. The van der Waals surface area contributed by atoms with Gasteiger partial charge in [-0.2, -0.15) is 0 Å². The zero-order chi connectivity index (χ0) is 27.0. The van der Waals surface area contributed by atoms with Crippen LogP contribution >= 0.6 is 11.3 Å². The van der Waals surface area contributed by atoms with Crippen LogP contribution in [0.4, 0.5) is 21.9 Å². The van der Waals surface area contributed by atoms with E-state index in [9.17, 15) is 14.4 Å². The molecule has 2 aliphatic rings. The quantitative estimate of drug-likeness (QED) is 0.374. The number of aryl methyl sites for hydroxylation is 1. The fraction of sp³-hybridized carbons (Fsp3) is 0.370. The number of amides is 4. The van der Waals surface area contributed by atoms with Crippen molar-refractivity contribution in [2.24, 2.45) is 0 Å². The Bertz CT molecular complexity index is 1430. The number of pyridine rings is 2. The van der Waals surface area contributed by atoms with E-state index in [0.717, 1.165) is 31.2 Å². The van der Waals surface area contributed by atoms with Crippen molar-refractivity contribution < 1.29 is 19.1 Å². The molecule has 5 rings (SSSR count). The number of rotatable bonds is 7. The van der Waals surface area contributed by atoms with Gasteiger partial charge in [-0.15, -0.1) is 11.3 Å². The lowest BCUT2D eigenvalue weighted by atomic mass is 9.90. The Kier molecular flexibility index (Phi) is 7.02. The van der Waals surface area contributed by atoms with Gasteiger partial charge in [-0.1, -0.05) is 19.4 Å². The topological polar surface area (TPSA) is 126 Å². The smallest absolute Gasteiger partial charge is 0.331 e. The highest BCUT2D eigenvalue weighted by molar-refractivity contribution is 7.21. The second kappa shape index (κ2) is 10.4. The third-order valence-electron chi connectivity index (χ3n) is 6.70. The first-order valence-electron chi connectivity index (χ1n) is 12.7. The highest BCUT2D eigenvalue weighted by Crippen LogP contribution is 2.46. The van der Waals surface area contributed by atoms with Crippen LogP contribution in [0.25, 0.3) is 10.2 Å². The summed E-state index contributed by atoms with van der Waals surface area (Å²) in [6, 6.07) is 2.77. The number of urea groups is 1. The van der Waals surface area contributed by atoms with Crippen molar-refractivity contribution in [1.82, 2.24) is 20.6 Å². The number of nitrogens with zero attached hydrogens (tertiary/aromatic N) is 3. The first-order valence-corrected chi connectivity index (χ1v) is 13.5. The molecule has 198 valence electrons. The average Bonchev–Trinajstić information content (AvgIpc) is 3.25. The summed E-state index contributed by atoms with van der Waals surface area (Å²) in [4.78, 5) is 50.3. The van der Waals surface area contributed by atoms with Gasteiger partial charge in [-0.3, -0.25) is 14.5 Å². The van der Waals surface area contributed by atoms with Crippen LogP contribution in [0.15, 0.2) is 37.2 Å². The second-order valence-corrected chi connectivity index (χ2v) is 10.7. The summed E-state index contributed by atoms with van der Waals surface area (Å²) >= 11 is 1.23. The van der Waals surface area contributed by atoms with Crippen LogP contribution in [0.5, 0.6) is 5.88 Å². The van der Waals surface area contributed by atoms with Gasteiger partial charge in [-0.25, -0.2) is 14.8 Å². The molecule has 4 amide bonds. The Labute approximate surface area is 224 Å². The first-order chi connectivity index (χ1) is 18.3. The Morgan fingerprint density at radius 1 is 1.21 bits per heavy atom. The van der Waals surface area contributed by atoms with Crippen molar-refractivity contribution >= 4 is 56.5 Å². The van der Waals surface area contributed by atoms with E-state index >= 15 is 0 Å². The Hall–Kier alpha value is -3.99. The fourth-order valence-corrected chi connectivity index (χ4v) is 6.02. The Morgan fingerprint density at radius 3 is 2.63 bits per heavy atom. The SMILES string of the molecule is C=CC(=O)N[C@@H]1CCCC[C@H]1NC(=O)c1sc2nccc3c2c1NC(=O)N3c1cnc(OC(C)C)cc1C. The molecule has 0 saturated heterocycles. The molecule has 10 nitrogen and oxygen atoms in total. The number of hydrogen-bond donors (Lipinski definition) is 3. The van der Waals surface area contributed by atoms with Crippen LogP contribution < -0.4 is 25.6 Å². The van der Waals surface area contributed by atoms with E-state index in [4.69, 9.17) is 4.74 Å². The number of nitrogens with one attached hydrogen (secondary N) is 3. The van der Waals surface area contributed by atoms with E-state index in [-0.39, 0.29) is 30.0 Å². The number of aromatic nitrogens is 2. The second-order valence-electron chi connectivity index (χ2n) is 9.74. The molecule has 3 aromatic heterocycles. The summed E-state index contributed by atoms with van der Waals surface area (Å²) in [5.74, 6) is -0.0811. The third kappa shape index (κ3) is 4.81. The maximum absolute atomic E-state index is 13.5. The van der Waals surface area contributed by atoms with Gasteiger partial charge in [0.15, 0.2) is 0 Å². The zero-order valence-electron chi connectivity index (χ0n) is 21.5. The van der Waals surface area contributed by atoms with Crippen LogP contribution in [0.1, 0.15) is 54.8 Å². The minimum Gasteiger partial charge on any atom is -0.475 e. The molecule has 0 spiro atoms. The maximum atomic E-state index is 13.5. The van der Waals surface area contributed by atoms with Gasteiger partial charge < -0.3 is 20.7 Å². The minimum absolute atomic E-state index is 0.0223. The highest BCUT2D eigenvalue weighted by Gasteiger charge is 2.35. The van der Waals surface area contributed by atoms with E-state index in [1.807, 2.05) is 20.8 Å². The van der Waals surface area contributed by atoms with Crippen molar-refractivity contribution in [3.8, 4) is 5.88 Å². The first kappa shape index (κ1) is 25.7. The van der Waals surface area contributed by atoms with Crippen molar-refractivity contribution in [2.45, 2.75) is 64.6 Å². The van der Waals surface area contributed by atoms with Crippen molar-refractivity contribution in [3.63, 3.8) is 0 Å². The fourth-order valence-electron chi connectivity index (χ4n) is 5.00. The molecule has 3 aromatic rings. The van der Waals surface area contributed by atoms with E-state index in [1.54, 1.807) is 29.4 Å². The molecule has 0 bridgehead atoms. The molecule has 1 saturated carbocycles. The predicted molar refractivity (Wildman–Crippen MR) is 147 cm³/mol. The van der Waals surface area contributed by atoms with E-state index < -0.39 is 6.03 Å². The van der Waals surface area contributed by atoms with Crippen LogP contribution in [-0.4, -0.2) is 46.0 Å². The minimum atomic E-state index is -0.395. The molecule has 38 heavy (non-hydrogen) atoms. The summed E-state index contributed by atoms with van der Waals surface area (Å²) in [7, 11) is 0. The highest BCUT2D eigenvalue weighted by atomic mass is 32.1. The molecule has 1 aliphatic heterocycles. The van der Waals surface area contributed by atoms with Crippen LogP contribution in [0.3, 0.4) is 0 Å². The summed E-state index contributed by atoms with van der Waals surface area (Å²) in [5.41, 5.74) is 2.49. The van der Waals surface area contributed by atoms with E-state index in [1.165, 1.54) is 17.4 Å². The normalized spacial score (nSPS) is 18.7. The number of anilines is 3. The van der Waals surface area contributed by atoms with Gasteiger partial charge in [0.1, 0.15) is 9.71 Å². The molecule has 0 radical (unpaired) electrons. The number of carbonyl (C=O) groups is 3. The molecule has 1 aliphatic carbocycles. The summed E-state index contributed by atoms with van der Waals surface area (Å²) < 4.78 is 5.69. The van der Waals surface area contributed by atoms with Gasteiger partial charge in [0, 0.05) is 24.3 Å². The predicted octanol–water partition coefficient (Wildman–Crippen LogP) is 4.81. The van der Waals surface area contributed by atoms with Crippen LogP contribution in [0.2, 0.25) is 0 Å². The van der Waals surface area contributed by atoms with Gasteiger partial charge in [-0.05, 0) is 51.3 Å². The van der Waals surface area contributed by atoms with Gasteiger partial charge >= 0.3 is 6.03 Å². The molecule has 0 aromatic carbocycles. The zero-order valence-corrected chi connectivity index (χ0v) is 22.4. The molecule has 3 N–H and O–H groups in total. The molecule has 2 atom stereocenters. The summed E-state index contributed by atoms with van der Waals surface area (Å²) in [5, 5.41) is 9.64. The number of carbonyl (C=O) groups excluding carboxylic acids is 3. The lowest BCUT2D eigenvalue weighted by Gasteiger charge is -2.32. The Morgan fingerprint density at radius 2 is 1.95 bits per heavy atom. The average molecular weight is 535 g/mol. The monoisotopic (exact) mass is 534 g/mol. The number of hydrogen-bond acceptors (Lipinski definition) is 7. The van der Waals surface area contributed by atoms with Crippen LogP contribution in [0, 0.1) is 6.92 Å². The van der Waals surface area contributed by atoms with Crippen molar-refractivity contribution in [3.05, 3.63) is 47.6 Å².